The van der Waals surface area contributed by atoms with Gasteiger partial charge in [0.05, 0.1) is 11.3 Å². The van der Waals surface area contributed by atoms with E-state index in [1.807, 2.05) is 0 Å². The molecular formula is C10H13FN2O3S. The van der Waals surface area contributed by atoms with Crippen LogP contribution in [0.2, 0.25) is 0 Å². The van der Waals surface area contributed by atoms with Gasteiger partial charge in [0, 0.05) is 18.5 Å². The molecule has 0 aliphatic heterocycles. The molecule has 0 heterocycles. The predicted molar refractivity (Wildman–Crippen MR) is 62.9 cm³/mol. The molecule has 0 fully saturated rings. The average molecular weight is 260 g/mol. The molecule has 0 atom stereocenters. The van der Waals surface area contributed by atoms with Crippen LogP contribution in [0.25, 0.3) is 0 Å². The largest absolute Gasteiger partial charge is 0.398 e. The molecule has 1 amide bonds. The van der Waals surface area contributed by atoms with Crippen LogP contribution in [-0.4, -0.2) is 32.9 Å². The Morgan fingerprint density at radius 2 is 2.12 bits per heavy atom. The molecule has 0 aliphatic rings. The molecule has 0 aliphatic carbocycles. The van der Waals surface area contributed by atoms with Gasteiger partial charge in [0.1, 0.15) is 15.7 Å². The lowest BCUT2D eigenvalue weighted by atomic mass is 10.1. The Morgan fingerprint density at radius 1 is 1.47 bits per heavy atom. The summed E-state index contributed by atoms with van der Waals surface area (Å²) < 4.78 is 34.6. The van der Waals surface area contributed by atoms with Crippen LogP contribution in [0.1, 0.15) is 10.4 Å². The summed E-state index contributed by atoms with van der Waals surface area (Å²) in [5, 5.41) is 2.36. The zero-order chi connectivity index (χ0) is 13.1. The van der Waals surface area contributed by atoms with E-state index in [0.29, 0.717) is 0 Å². The highest BCUT2D eigenvalue weighted by Gasteiger charge is 2.11. The summed E-state index contributed by atoms with van der Waals surface area (Å²) in [7, 11) is -3.14. The molecule has 0 aromatic heterocycles. The molecule has 0 saturated carbocycles. The predicted octanol–water partition coefficient (Wildman–Crippen LogP) is 0.182. The van der Waals surface area contributed by atoms with Crippen LogP contribution in [0.5, 0.6) is 0 Å². The van der Waals surface area contributed by atoms with Gasteiger partial charge in [-0.3, -0.25) is 4.79 Å². The molecule has 94 valence electrons. The highest BCUT2D eigenvalue weighted by Crippen LogP contribution is 2.12. The maximum absolute atomic E-state index is 12.9. The van der Waals surface area contributed by atoms with Crippen LogP contribution < -0.4 is 11.1 Å². The van der Waals surface area contributed by atoms with E-state index in [-0.39, 0.29) is 23.5 Å². The molecule has 5 nitrogen and oxygen atoms in total. The van der Waals surface area contributed by atoms with E-state index in [2.05, 4.69) is 5.32 Å². The topological polar surface area (TPSA) is 89.3 Å². The first-order chi connectivity index (χ1) is 7.79. The third-order valence-corrected chi connectivity index (χ3v) is 2.96. The highest BCUT2D eigenvalue weighted by molar-refractivity contribution is 7.90. The summed E-state index contributed by atoms with van der Waals surface area (Å²) >= 11 is 0. The van der Waals surface area contributed by atoms with Crippen molar-refractivity contribution < 1.29 is 17.6 Å². The number of halogens is 1. The number of amides is 1. The number of rotatable bonds is 4. The number of nitrogens with two attached hydrogens (primary N) is 1. The molecule has 17 heavy (non-hydrogen) atoms. The second-order valence-electron chi connectivity index (χ2n) is 3.62. The Morgan fingerprint density at radius 3 is 2.71 bits per heavy atom. The number of nitrogen functional groups attached to an aromatic ring is 1. The first-order valence-electron chi connectivity index (χ1n) is 4.80. The molecule has 1 aromatic rings. The summed E-state index contributed by atoms with van der Waals surface area (Å²) in [6.45, 7) is -0.0341. The standard InChI is InChI=1S/C10H13FN2O3S/c1-17(15,16)5-4-13-10(14)8-6-7(11)2-3-9(8)12/h2-3,6H,4-5,12H2,1H3,(H,13,14). The quantitative estimate of drug-likeness (QED) is 0.756. The molecule has 0 spiro atoms. The maximum atomic E-state index is 12.9. The van der Waals surface area contributed by atoms with Crippen molar-refractivity contribution in [1.29, 1.82) is 0 Å². The fraction of sp³-hybridized carbons (Fsp3) is 0.300. The summed E-state index contributed by atoms with van der Waals surface area (Å²) in [5.41, 5.74) is 5.64. The van der Waals surface area contributed by atoms with Crippen LogP contribution >= 0.6 is 0 Å². The van der Waals surface area contributed by atoms with Crippen molar-refractivity contribution in [3.63, 3.8) is 0 Å². The minimum absolute atomic E-state index is 0.00139. The third-order valence-electron chi connectivity index (χ3n) is 2.02. The van der Waals surface area contributed by atoms with Crippen LogP contribution in [0.3, 0.4) is 0 Å². The lowest BCUT2D eigenvalue weighted by Crippen LogP contribution is -2.29. The van der Waals surface area contributed by atoms with E-state index in [1.54, 1.807) is 0 Å². The van der Waals surface area contributed by atoms with Crippen molar-refractivity contribution in [1.82, 2.24) is 5.32 Å². The van der Waals surface area contributed by atoms with E-state index in [4.69, 9.17) is 5.73 Å². The number of hydrogen-bond acceptors (Lipinski definition) is 4. The van der Waals surface area contributed by atoms with Crippen molar-refractivity contribution in [2.45, 2.75) is 0 Å². The van der Waals surface area contributed by atoms with Crippen LogP contribution in [0.4, 0.5) is 10.1 Å². The van der Waals surface area contributed by atoms with Crippen molar-refractivity contribution >= 4 is 21.4 Å². The lowest BCUT2D eigenvalue weighted by molar-refractivity contribution is 0.0956. The molecule has 7 heteroatoms. The Bertz CT molecular complexity index is 528. The summed E-state index contributed by atoms with van der Waals surface area (Å²) in [5.74, 6) is -1.34. The Labute approximate surface area is 98.7 Å². The monoisotopic (exact) mass is 260 g/mol. The van der Waals surface area contributed by atoms with E-state index < -0.39 is 21.6 Å². The van der Waals surface area contributed by atoms with E-state index in [0.717, 1.165) is 18.4 Å². The summed E-state index contributed by atoms with van der Waals surface area (Å²) in [4.78, 5) is 11.6. The minimum atomic E-state index is -3.14. The number of benzene rings is 1. The van der Waals surface area contributed by atoms with Gasteiger partial charge in [-0.1, -0.05) is 0 Å². The van der Waals surface area contributed by atoms with Gasteiger partial charge in [-0.15, -0.1) is 0 Å². The fourth-order valence-corrected chi connectivity index (χ4v) is 1.64. The second-order valence-corrected chi connectivity index (χ2v) is 5.88. The van der Waals surface area contributed by atoms with Gasteiger partial charge in [0.15, 0.2) is 0 Å². The van der Waals surface area contributed by atoms with Crippen molar-refractivity contribution in [3.05, 3.63) is 29.6 Å². The summed E-state index contributed by atoms with van der Waals surface area (Å²) in [6.07, 6.45) is 1.07. The number of sulfone groups is 1. The van der Waals surface area contributed by atoms with Gasteiger partial charge in [-0.25, -0.2) is 12.8 Å². The van der Waals surface area contributed by atoms with Gasteiger partial charge in [-0.2, -0.15) is 0 Å². The molecule has 0 bridgehead atoms. The van der Waals surface area contributed by atoms with Gasteiger partial charge in [0.2, 0.25) is 0 Å². The van der Waals surface area contributed by atoms with Crippen molar-refractivity contribution in [3.8, 4) is 0 Å². The normalized spacial score (nSPS) is 11.2. The first kappa shape index (κ1) is 13.4. The summed E-state index contributed by atoms with van der Waals surface area (Å²) in [6, 6.07) is 3.43. The highest BCUT2D eigenvalue weighted by atomic mass is 32.2. The van der Waals surface area contributed by atoms with Gasteiger partial charge < -0.3 is 11.1 Å². The number of anilines is 1. The Balaban J connectivity index is 2.67. The third kappa shape index (κ3) is 4.39. The zero-order valence-electron chi connectivity index (χ0n) is 9.23. The molecular weight excluding hydrogens is 247 g/mol. The van der Waals surface area contributed by atoms with Crippen LogP contribution in [-0.2, 0) is 9.84 Å². The number of carbonyl (C=O) groups is 1. The Kier molecular flexibility index (Phi) is 4.06. The molecule has 0 unspecified atom stereocenters. The van der Waals surface area contributed by atoms with Gasteiger partial charge in [-0.05, 0) is 18.2 Å². The molecule has 1 rings (SSSR count). The number of carbonyl (C=O) groups excluding carboxylic acids is 1. The SMILES string of the molecule is CS(=O)(=O)CCNC(=O)c1cc(F)ccc1N. The molecule has 0 radical (unpaired) electrons. The molecule has 1 aromatic carbocycles. The average Bonchev–Trinajstić information content (AvgIpc) is 2.19. The first-order valence-corrected chi connectivity index (χ1v) is 6.86. The second kappa shape index (κ2) is 5.13. The van der Waals surface area contributed by atoms with E-state index in [9.17, 15) is 17.6 Å². The Hall–Kier alpha value is -1.63. The van der Waals surface area contributed by atoms with Gasteiger partial charge >= 0.3 is 0 Å². The smallest absolute Gasteiger partial charge is 0.253 e. The fourth-order valence-electron chi connectivity index (χ4n) is 1.17. The van der Waals surface area contributed by atoms with Gasteiger partial charge in [0.25, 0.3) is 5.91 Å². The number of nitrogens with one attached hydrogen (secondary N) is 1. The van der Waals surface area contributed by atoms with E-state index in [1.165, 1.54) is 6.07 Å². The van der Waals surface area contributed by atoms with Crippen molar-refractivity contribution in [2.75, 3.05) is 24.3 Å². The molecule has 3 N–H and O–H groups in total. The lowest BCUT2D eigenvalue weighted by Gasteiger charge is -2.06. The molecule has 0 saturated heterocycles. The van der Waals surface area contributed by atoms with Crippen LogP contribution in [0.15, 0.2) is 18.2 Å². The minimum Gasteiger partial charge on any atom is -0.398 e. The maximum Gasteiger partial charge on any atom is 0.253 e. The van der Waals surface area contributed by atoms with Crippen LogP contribution in [0, 0.1) is 5.82 Å². The zero-order valence-corrected chi connectivity index (χ0v) is 10.1. The van der Waals surface area contributed by atoms with Crippen molar-refractivity contribution in [2.24, 2.45) is 0 Å². The number of hydrogen-bond donors (Lipinski definition) is 2. The van der Waals surface area contributed by atoms with E-state index >= 15 is 0 Å².